The van der Waals surface area contributed by atoms with Crippen LogP contribution < -0.4 is 0 Å². The lowest BCUT2D eigenvalue weighted by atomic mass is 10.1. The van der Waals surface area contributed by atoms with Gasteiger partial charge in [0.15, 0.2) is 6.61 Å². The van der Waals surface area contributed by atoms with E-state index in [1.165, 1.54) is 0 Å². The van der Waals surface area contributed by atoms with Crippen LogP contribution in [0.4, 0.5) is 0 Å². The standard InChI is InChI=1S/C8H14O5/c1-8(2,3-4-9)13-7(11)5-12-6-10/h6,9H,3-5H2,1-2H3. The molecule has 0 amide bonds. The van der Waals surface area contributed by atoms with Crippen LogP contribution in [0, 0.1) is 0 Å². The predicted octanol–water partition coefficient (Wildman–Crippen LogP) is -0.136. The van der Waals surface area contributed by atoms with E-state index >= 15 is 0 Å². The van der Waals surface area contributed by atoms with Crippen molar-refractivity contribution in [2.45, 2.75) is 25.9 Å². The number of hydrogen-bond donors (Lipinski definition) is 1. The van der Waals surface area contributed by atoms with E-state index in [9.17, 15) is 9.59 Å². The van der Waals surface area contributed by atoms with Crippen LogP contribution in [-0.2, 0) is 19.1 Å². The second-order valence-electron chi connectivity index (χ2n) is 3.11. The number of rotatable bonds is 6. The van der Waals surface area contributed by atoms with Crippen molar-refractivity contribution in [1.82, 2.24) is 0 Å². The normalized spacial score (nSPS) is 10.7. The van der Waals surface area contributed by atoms with Crippen molar-refractivity contribution >= 4 is 12.4 Å². The molecule has 0 aromatic rings. The zero-order chi connectivity index (χ0) is 10.3. The Labute approximate surface area is 76.6 Å². The third-order valence-electron chi connectivity index (χ3n) is 1.37. The van der Waals surface area contributed by atoms with E-state index < -0.39 is 18.2 Å². The molecule has 0 saturated heterocycles. The summed E-state index contributed by atoms with van der Waals surface area (Å²) < 4.78 is 9.10. The van der Waals surface area contributed by atoms with Crippen LogP contribution in [-0.4, -0.2) is 36.4 Å². The van der Waals surface area contributed by atoms with Gasteiger partial charge < -0.3 is 14.6 Å². The van der Waals surface area contributed by atoms with Gasteiger partial charge in [0.05, 0.1) is 0 Å². The molecule has 5 nitrogen and oxygen atoms in total. The van der Waals surface area contributed by atoms with Crippen LogP contribution in [0.15, 0.2) is 0 Å². The summed E-state index contributed by atoms with van der Waals surface area (Å²) >= 11 is 0. The lowest BCUT2D eigenvalue weighted by Crippen LogP contribution is -2.30. The Morgan fingerprint density at radius 3 is 2.62 bits per heavy atom. The summed E-state index contributed by atoms with van der Waals surface area (Å²) in [7, 11) is 0. The van der Waals surface area contributed by atoms with Gasteiger partial charge in [0.25, 0.3) is 6.47 Å². The first kappa shape index (κ1) is 11.9. The molecule has 0 heterocycles. The molecule has 0 aromatic heterocycles. The van der Waals surface area contributed by atoms with Crippen LogP contribution in [0.5, 0.6) is 0 Å². The molecule has 0 unspecified atom stereocenters. The minimum Gasteiger partial charge on any atom is -0.457 e. The molecule has 0 fully saturated rings. The summed E-state index contributed by atoms with van der Waals surface area (Å²) in [6, 6.07) is 0. The Hall–Kier alpha value is -1.10. The summed E-state index contributed by atoms with van der Waals surface area (Å²) in [5.74, 6) is -0.620. The van der Waals surface area contributed by atoms with Gasteiger partial charge in [-0.15, -0.1) is 0 Å². The largest absolute Gasteiger partial charge is 0.457 e. The molecule has 0 atom stereocenters. The number of carbonyl (C=O) groups excluding carboxylic acids is 2. The third-order valence-corrected chi connectivity index (χ3v) is 1.37. The molecule has 5 heteroatoms. The maximum absolute atomic E-state index is 10.9. The lowest BCUT2D eigenvalue weighted by Gasteiger charge is -2.23. The van der Waals surface area contributed by atoms with E-state index in [1.54, 1.807) is 13.8 Å². The molecule has 0 bridgehead atoms. The number of hydrogen-bond acceptors (Lipinski definition) is 5. The Kier molecular flexibility index (Phi) is 5.06. The summed E-state index contributed by atoms with van der Waals surface area (Å²) in [6.45, 7) is 3.07. The fraction of sp³-hybridized carbons (Fsp3) is 0.750. The third kappa shape index (κ3) is 6.10. The molecular weight excluding hydrogens is 176 g/mol. The van der Waals surface area contributed by atoms with Crippen LogP contribution in [0.25, 0.3) is 0 Å². The monoisotopic (exact) mass is 190 g/mol. The molecule has 76 valence electrons. The van der Waals surface area contributed by atoms with Crippen molar-refractivity contribution in [3.8, 4) is 0 Å². The average Bonchev–Trinajstić information content (AvgIpc) is 1.99. The van der Waals surface area contributed by atoms with E-state index in [4.69, 9.17) is 9.84 Å². The molecule has 0 spiro atoms. The fourth-order valence-electron chi connectivity index (χ4n) is 0.760. The van der Waals surface area contributed by atoms with E-state index in [2.05, 4.69) is 4.74 Å². The summed E-state index contributed by atoms with van der Waals surface area (Å²) in [4.78, 5) is 20.6. The summed E-state index contributed by atoms with van der Waals surface area (Å²) in [5.41, 5.74) is -0.724. The summed E-state index contributed by atoms with van der Waals surface area (Å²) in [6.07, 6.45) is 0.347. The molecule has 0 aliphatic carbocycles. The Bertz CT molecular complexity index is 175. The maximum atomic E-state index is 10.9. The molecular formula is C8H14O5. The van der Waals surface area contributed by atoms with Gasteiger partial charge in [-0.3, -0.25) is 4.79 Å². The van der Waals surface area contributed by atoms with Crippen molar-refractivity contribution in [3.63, 3.8) is 0 Å². The summed E-state index contributed by atoms with van der Waals surface area (Å²) in [5, 5.41) is 8.61. The van der Waals surface area contributed by atoms with Crippen molar-refractivity contribution < 1.29 is 24.2 Å². The number of aliphatic hydroxyl groups is 1. The molecule has 13 heavy (non-hydrogen) atoms. The smallest absolute Gasteiger partial charge is 0.344 e. The minimum atomic E-state index is -0.724. The maximum Gasteiger partial charge on any atom is 0.344 e. The van der Waals surface area contributed by atoms with Gasteiger partial charge in [-0.2, -0.15) is 0 Å². The minimum absolute atomic E-state index is 0.0607. The van der Waals surface area contributed by atoms with E-state index in [-0.39, 0.29) is 13.1 Å². The first-order chi connectivity index (χ1) is 6.02. The van der Waals surface area contributed by atoms with Gasteiger partial charge >= 0.3 is 5.97 Å². The molecule has 1 N–H and O–H groups in total. The van der Waals surface area contributed by atoms with Crippen molar-refractivity contribution in [3.05, 3.63) is 0 Å². The Balaban J connectivity index is 3.81. The second-order valence-corrected chi connectivity index (χ2v) is 3.11. The number of esters is 1. The number of aliphatic hydroxyl groups excluding tert-OH is 1. The quantitative estimate of drug-likeness (QED) is 0.466. The molecule has 0 aromatic carbocycles. The SMILES string of the molecule is CC(C)(CCO)OC(=O)COC=O. The van der Waals surface area contributed by atoms with Crippen molar-refractivity contribution in [2.75, 3.05) is 13.2 Å². The molecule has 0 rings (SSSR count). The number of ether oxygens (including phenoxy) is 2. The van der Waals surface area contributed by atoms with E-state index in [0.717, 1.165) is 0 Å². The van der Waals surface area contributed by atoms with Gasteiger partial charge in [-0.05, 0) is 13.8 Å². The zero-order valence-electron chi connectivity index (χ0n) is 7.78. The van der Waals surface area contributed by atoms with Crippen molar-refractivity contribution in [1.29, 1.82) is 0 Å². The predicted molar refractivity (Wildman–Crippen MR) is 43.9 cm³/mol. The fourth-order valence-corrected chi connectivity index (χ4v) is 0.760. The zero-order valence-corrected chi connectivity index (χ0v) is 7.78. The molecule has 0 radical (unpaired) electrons. The topological polar surface area (TPSA) is 72.8 Å². The number of carbonyl (C=O) groups is 2. The van der Waals surface area contributed by atoms with Crippen LogP contribution >= 0.6 is 0 Å². The molecule has 0 aliphatic rings. The highest BCUT2D eigenvalue weighted by Crippen LogP contribution is 2.13. The molecule has 0 aliphatic heterocycles. The molecule has 0 saturated carbocycles. The first-order valence-corrected chi connectivity index (χ1v) is 3.90. The highest BCUT2D eigenvalue weighted by molar-refractivity contribution is 5.72. The first-order valence-electron chi connectivity index (χ1n) is 3.90. The van der Waals surface area contributed by atoms with E-state index in [1.807, 2.05) is 0 Å². The van der Waals surface area contributed by atoms with Gasteiger partial charge in [-0.1, -0.05) is 0 Å². The Morgan fingerprint density at radius 2 is 2.15 bits per heavy atom. The highest BCUT2D eigenvalue weighted by Gasteiger charge is 2.22. The lowest BCUT2D eigenvalue weighted by molar-refractivity contribution is -0.165. The second kappa shape index (κ2) is 5.53. The van der Waals surface area contributed by atoms with Gasteiger partial charge in [0.2, 0.25) is 0 Å². The van der Waals surface area contributed by atoms with Gasteiger partial charge in [0, 0.05) is 13.0 Å². The van der Waals surface area contributed by atoms with Gasteiger partial charge in [0.1, 0.15) is 5.60 Å². The van der Waals surface area contributed by atoms with Crippen molar-refractivity contribution in [2.24, 2.45) is 0 Å². The van der Waals surface area contributed by atoms with Crippen LogP contribution in [0.3, 0.4) is 0 Å². The average molecular weight is 190 g/mol. The Morgan fingerprint density at radius 1 is 1.54 bits per heavy atom. The van der Waals surface area contributed by atoms with Gasteiger partial charge in [-0.25, -0.2) is 4.79 Å². The highest BCUT2D eigenvalue weighted by atomic mass is 16.6. The van der Waals surface area contributed by atoms with Crippen LogP contribution in [0.2, 0.25) is 0 Å². The van der Waals surface area contributed by atoms with E-state index in [0.29, 0.717) is 6.42 Å². The van der Waals surface area contributed by atoms with Crippen LogP contribution in [0.1, 0.15) is 20.3 Å².